The van der Waals surface area contributed by atoms with E-state index in [0.717, 1.165) is 19.3 Å². The van der Waals surface area contributed by atoms with Crippen LogP contribution in [0.5, 0.6) is 0 Å². The number of fused-ring (bicyclic) bond motifs is 3. The molecule has 3 heteroatoms. The van der Waals surface area contributed by atoms with Gasteiger partial charge in [0, 0.05) is 12.0 Å². The molecular formula is C15H20O3. The molecule has 0 amide bonds. The molecule has 0 saturated carbocycles. The predicted molar refractivity (Wildman–Crippen MR) is 67.9 cm³/mol. The summed E-state index contributed by atoms with van der Waals surface area (Å²) < 4.78 is 11.3. The molecule has 0 aromatic carbocycles. The zero-order valence-electron chi connectivity index (χ0n) is 11.0. The maximum Gasteiger partial charge on any atom is 0.334 e. The summed E-state index contributed by atoms with van der Waals surface area (Å²) in [6, 6.07) is 0. The molecule has 3 aliphatic rings. The molecule has 2 fully saturated rings. The largest absolute Gasteiger partial charge is 0.458 e. The lowest BCUT2D eigenvalue weighted by molar-refractivity contribution is -0.139. The minimum atomic E-state index is -0.237. The maximum atomic E-state index is 11.7. The van der Waals surface area contributed by atoms with Gasteiger partial charge in [-0.05, 0) is 25.7 Å². The van der Waals surface area contributed by atoms with Crippen molar-refractivity contribution in [3.8, 4) is 0 Å². The average molecular weight is 248 g/mol. The van der Waals surface area contributed by atoms with Crippen molar-refractivity contribution in [1.29, 1.82) is 0 Å². The Bertz CT molecular complexity index is 423. The Balaban J connectivity index is 1.88. The first-order valence-electron chi connectivity index (χ1n) is 6.79. The Morgan fingerprint density at radius 1 is 1.39 bits per heavy atom. The van der Waals surface area contributed by atoms with E-state index in [9.17, 15) is 4.79 Å². The van der Waals surface area contributed by atoms with Gasteiger partial charge >= 0.3 is 5.97 Å². The number of ether oxygens (including phenoxy) is 2. The second-order valence-electron chi connectivity index (χ2n) is 5.87. The van der Waals surface area contributed by atoms with E-state index in [0.29, 0.717) is 11.5 Å². The van der Waals surface area contributed by atoms with Crippen LogP contribution in [0.2, 0.25) is 0 Å². The number of esters is 1. The third-order valence-electron chi connectivity index (χ3n) is 4.44. The van der Waals surface area contributed by atoms with Gasteiger partial charge in [0.05, 0.1) is 18.1 Å². The van der Waals surface area contributed by atoms with Crippen molar-refractivity contribution in [2.75, 3.05) is 0 Å². The van der Waals surface area contributed by atoms with Gasteiger partial charge in [0.2, 0.25) is 0 Å². The zero-order valence-corrected chi connectivity index (χ0v) is 11.0. The third kappa shape index (κ3) is 1.91. The second kappa shape index (κ2) is 4.23. The second-order valence-corrected chi connectivity index (χ2v) is 5.87. The fraction of sp³-hybridized carbons (Fsp3) is 0.667. The number of hydrogen-bond acceptors (Lipinski definition) is 3. The number of carbonyl (C=O) groups excluding carboxylic acids is 1. The van der Waals surface area contributed by atoms with Crippen LogP contribution < -0.4 is 0 Å². The highest BCUT2D eigenvalue weighted by molar-refractivity contribution is 5.91. The summed E-state index contributed by atoms with van der Waals surface area (Å²) in [5.41, 5.74) is 1.91. The van der Waals surface area contributed by atoms with Crippen LogP contribution >= 0.6 is 0 Å². The van der Waals surface area contributed by atoms with Crippen LogP contribution in [0.15, 0.2) is 23.8 Å². The molecule has 5 atom stereocenters. The van der Waals surface area contributed by atoms with Crippen LogP contribution in [0.1, 0.15) is 33.1 Å². The molecule has 0 spiro atoms. The quantitative estimate of drug-likeness (QED) is 0.286. The number of allylic oxidation sites excluding steroid dienone is 1. The normalized spacial score (nSPS) is 46.6. The van der Waals surface area contributed by atoms with Crippen molar-refractivity contribution < 1.29 is 14.3 Å². The fourth-order valence-corrected chi connectivity index (χ4v) is 3.27. The Morgan fingerprint density at radius 2 is 2.17 bits per heavy atom. The highest BCUT2D eigenvalue weighted by Crippen LogP contribution is 2.46. The van der Waals surface area contributed by atoms with Crippen molar-refractivity contribution in [3.05, 3.63) is 23.8 Å². The number of carbonyl (C=O) groups is 1. The highest BCUT2D eigenvalue weighted by Gasteiger charge is 2.55. The fourth-order valence-electron chi connectivity index (χ4n) is 3.27. The summed E-state index contributed by atoms with van der Waals surface area (Å²) in [6.07, 6.45) is 5.69. The van der Waals surface area contributed by atoms with Crippen LogP contribution in [-0.2, 0) is 14.3 Å². The van der Waals surface area contributed by atoms with E-state index in [-0.39, 0.29) is 30.2 Å². The molecule has 3 nitrogen and oxygen atoms in total. The Morgan fingerprint density at radius 3 is 2.94 bits per heavy atom. The molecule has 2 saturated heterocycles. The Kier molecular flexibility index (Phi) is 2.81. The first kappa shape index (κ1) is 12.0. The van der Waals surface area contributed by atoms with E-state index < -0.39 is 0 Å². The Labute approximate surface area is 108 Å². The summed E-state index contributed by atoms with van der Waals surface area (Å²) in [7, 11) is 0. The molecule has 3 rings (SSSR count). The Hall–Kier alpha value is -1.09. The van der Waals surface area contributed by atoms with Crippen LogP contribution in [0.25, 0.3) is 0 Å². The van der Waals surface area contributed by atoms with Crippen LogP contribution in [-0.4, -0.2) is 24.3 Å². The van der Waals surface area contributed by atoms with E-state index in [1.54, 1.807) is 0 Å². The van der Waals surface area contributed by atoms with Crippen molar-refractivity contribution in [2.45, 2.75) is 51.4 Å². The monoisotopic (exact) mass is 248 g/mol. The first-order valence-corrected chi connectivity index (χ1v) is 6.79. The molecule has 2 heterocycles. The van der Waals surface area contributed by atoms with E-state index >= 15 is 0 Å². The van der Waals surface area contributed by atoms with Gasteiger partial charge in [-0.1, -0.05) is 25.2 Å². The molecule has 0 bridgehead atoms. The molecule has 2 aliphatic heterocycles. The highest BCUT2D eigenvalue weighted by atomic mass is 16.6. The SMILES string of the molecule is C=C1C(=O)O[C@H]2C/C(C)=C/CC[C@@H](C)[C@H]3O[C@H]3[C@H]12. The minimum absolute atomic E-state index is 0.0615. The summed E-state index contributed by atoms with van der Waals surface area (Å²) >= 11 is 0. The smallest absolute Gasteiger partial charge is 0.334 e. The van der Waals surface area contributed by atoms with Crippen molar-refractivity contribution in [1.82, 2.24) is 0 Å². The first-order chi connectivity index (χ1) is 8.58. The molecule has 98 valence electrons. The molecular weight excluding hydrogens is 228 g/mol. The molecule has 0 radical (unpaired) electrons. The number of epoxide rings is 1. The van der Waals surface area contributed by atoms with Crippen molar-refractivity contribution in [3.63, 3.8) is 0 Å². The van der Waals surface area contributed by atoms with Gasteiger partial charge in [0.15, 0.2) is 0 Å². The summed E-state index contributed by atoms with van der Waals surface area (Å²) in [6.45, 7) is 8.24. The predicted octanol–water partition coefficient (Wildman–Crippen LogP) is 2.62. The summed E-state index contributed by atoms with van der Waals surface area (Å²) in [4.78, 5) is 11.7. The lowest BCUT2D eigenvalue weighted by Gasteiger charge is -2.18. The van der Waals surface area contributed by atoms with Crippen molar-refractivity contribution >= 4 is 5.97 Å². The van der Waals surface area contributed by atoms with Gasteiger partial charge in [0.25, 0.3) is 0 Å². The molecule has 0 unspecified atom stereocenters. The summed E-state index contributed by atoms with van der Waals surface area (Å²) in [5.74, 6) is 0.367. The molecule has 1 aliphatic carbocycles. The molecule has 18 heavy (non-hydrogen) atoms. The average Bonchev–Trinajstić information content (AvgIpc) is 3.03. The van der Waals surface area contributed by atoms with Crippen LogP contribution in [0.3, 0.4) is 0 Å². The summed E-state index contributed by atoms with van der Waals surface area (Å²) in [5, 5.41) is 0. The molecule has 0 N–H and O–H groups in total. The van der Waals surface area contributed by atoms with Crippen LogP contribution in [0.4, 0.5) is 0 Å². The molecule has 0 aromatic rings. The van der Waals surface area contributed by atoms with E-state index in [4.69, 9.17) is 9.47 Å². The number of rotatable bonds is 0. The lowest BCUT2D eigenvalue weighted by Crippen LogP contribution is -2.25. The van der Waals surface area contributed by atoms with Gasteiger partial charge < -0.3 is 9.47 Å². The maximum absolute atomic E-state index is 11.7. The molecule has 0 aromatic heterocycles. The van der Waals surface area contributed by atoms with E-state index in [1.165, 1.54) is 5.57 Å². The zero-order chi connectivity index (χ0) is 12.9. The van der Waals surface area contributed by atoms with E-state index in [1.807, 2.05) is 0 Å². The minimum Gasteiger partial charge on any atom is -0.458 e. The standard InChI is InChI=1S/C15H20O3/c1-8-5-4-6-9(2)13-14(18-13)12-10(3)15(16)17-11(12)7-8/h5,9,11-14H,3-4,6-7H2,1-2H3/b8-5+/t9-,11+,12-,13-,14+/m1/s1. The van der Waals surface area contributed by atoms with Gasteiger partial charge in [0.1, 0.15) is 6.10 Å². The van der Waals surface area contributed by atoms with Gasteiger partial charge in [-0.15, -0.1) is 0 Å². The number of hydrogen-bond donors (Lipinski definition) is 0. The van der Waals surface area contributed by atoms with Gasteiger partial charge in [-0.25, -0.2) is 4.79 Å². The van der Waals surface area contributed by atoms with Crippen LogP contribution in [0, 0.1) is 11.8 Å². The third-order valence-corrected chi connectivity index (χ3v) is 4.44. The lowest BCUT2D eigenvalue weighted by atomic mass is 9.84. The van der Waals surface area contributed by atoms with E-state index in [2.05, 4.69) is 26.5 Å². The van der Waals surface area contributed by atoms with Gasteiger partial charge in [-0.2, -0.15) is 0 Å². The topological polar surface area (TPSA) is 38.8 Å². The van der Waals surface area contributed by atoms with Crippen molar-refractivity contribution in [2.24, 2.45) is 11.8 Å². The van der Waals surface area contributed by atoms with Gasteiger partial charge in [-0.3, -0.25) is 0 Å².